The van der Waals surface area contributed by atoms with Crippen LogP contribution in [0.5, 0.6) is 0 Å². The number of hydrogen-bond donors (Lipinski definition) is 1. The molecule has 0 radical (unpaired) electrons. The fourth-order valence-corrected chi connectivity index (χ4v) is 3.84. The van der Waals surface area contributed by atoms with Crippen molar-refractivity contribution in [2.75, 3.05) is 18.0 Å². The van der Waals surface area contributed by atoms with Crippen LogP contribution in [0, 0.1) is 5.41 Å². The van der Waals surface area contributed by atoms with Gasteiger partial charge in [-0.15, -0.1) is 0 Å². The number of aromatic nitrogens is 2. The lowest BCUT2D eigenvalue weighted by atomic mass is 9.90. The molecule has 0 saturated heterocycles. The topological polar surface area (TPSA) is 75.2 Å². The molecule has 0 bridgehead atoms. The van der Waals surface area contributed by atoms with Crippen molar-refractivity contribution in [1.29, 1.82) is 0 Å². The number of aryl methyl sites for hydroxylation is 1. The number of unbranched alkanes of at least 4 members (excludes halogenated alkanes) is 1. The number of amides is 1. The van der Waals surface area contributed by atoms with Crippen molar-refractivity contribution in [3.8, 4) is 0 Å². The van der Waals surface area contributed by atoms with Crippen LogP contribution in [0.2, 0.25) is 5.28 Å². The minimum absolute atomic E-state index is 0.0156. The number of ketones is 1. The fraction of sp³-hybridized carbons (Fsp3) is 0.760. The first-order valence-electron chi connectivity index (χ1n) is 11.9. The lowest BCUT2D eigenvalue weighted by molar-refractivity contribution is -0.122. The Bertz CT molecular complexity index is 766. The molecule has 1 aromatic heterocycles. The van der Waals surface area contributed by atoms with Gasteiger partial charge in [-0.1, -0.05) is 34.1 Å². The van der Waals surface area contributed by atoms with E-state index in [0.717, 1.165) is 50.2 Å². The highest BCUT2D eigenvalue weighted by atomic mass is 35.5. The number of nitrogens with one attached hydrogen (secondary N) is 1. The summed E-state index contributed by atoms with van der Waals surface area (Å²) >= 11 is 6.04. The van der Waals surface area contributed by atoms with Crippen molar-refractivity contribution in [3.63, 3.8) is 0 Å². The molecule has 1 heterocycles. The summed E-state index contributed by atoms with van der Waals surface area (Å²) in [6.07, 6.45) is 6.33. The van der Waals surface area contributed by atoms with Gasteiger partial charge in [0.1, 0.15) is 5.82 Å². The molecule has 0 atom stereocenters. The van der Waals surface area contributed by atoms with Gasteiger partial charge in [0.25, 0.3) is 0 Å². The highest BCUT2D eigenvalue weighted by molar-refractivity contribution is 6.28. The van der Waals surface area contributed by atoms with Crippen LogP contribution in [0.15, 0.2) is 0 Å². The zero-order chi connectivity index (χ0) is 24.5. The first kappa shape index (κ1) is 28.3. The Kier molecular flexibility index (Phi) is 11.1. The van der Waals surface area contributed by atoms with Crippen LogP contribution in [0.3, 0.4) is 0 Å². The molecule has 1 aliphatic carbocycles. The number of rotatable bonds is 8. The molecule has 0 spiro atoms. The van der Waals surface area contributed by atoms with Gasteiger partial charge < -0.3 is 10.2 Å². The molecule has 1 N–H and O–H groups in total. The maximum Gasteiger partial charge on any atom is 0.224 e. The standard InChI is InChI=1S/C16H24ClN3O.C9H19NO/c1-5-20(10-11(21)9-16(2,3)4)14-12-7-6-8-13(12)18-15(17)19-14;1-5-6-7-8(11)10-9(2,3)4/h5-10H2,1-4H3;5-7H2,1-4H3,(H,10,11). The van der Waals surface area contributed by atoms with Gasteiger partial charge in [-0.2, -0.15) is 0 Å². The second-order valence-corrected chi connectivity index (χ2v) is 11.1. The maximum absolute atomic E-state index is 12.3. The molecule has 0 saturated carbocycles. The number of hydrogen-bond acceptors (Lipinski definition) is 5. The van der Waals surface area contributed by atoms with Crippen LogP contribution >= 0.6 is 11.6 Å². The summed E-state index contributed by atoms with van der Waals surface area (Å²) < 4.78 is 0. The second-order valence-electron chi connectivity index (χ2n) is 10.8. The van der Waals surface area contributed by atoms with Crippen molar-refractivity contribution in [3.05, 3.63) is 16.5 Å². The third-order valence-corrected chi connectivity index (χ3v) is 5.10. The third-order valence-electron chi connectivity index (χ3n) is 4.93. The molecule has 0 aliphatic heterocycles. The van der Waals surface area contributed by atoms with Crippen LogP contribution in [0.4, 0.5) is 5.82 Å². The summed E-state index contributed by atoms with van der Waals surface area (Å²) in [5.74, 6) is 1.26. The first-order valence-corrected chi connectivity index (χ1v) is 12.3. The van der Waals surface area contributed by atoms with E-state index in [9.17, 15) is 9.59 Å². The van der Waals surface area contributed by atoms with Gasteiger partial charge in [-0.05, 0) is 70.4 Å². The summed E-state index contributed by atoms with van der Waals surface area (Å²) in [6, 6.07) is 0. The van der Waals surface area contributed by atoms with Gasteiger partial charge in [0.2, 0.25) is 11.2 Å². The van der Waals surface area contributed by atoms with E-state index < -0.39 is 0 Å². The SMILES string of the molecule is CCCCC(=O)NC(C)(C)C.CCN(CC(=O)CC(C)(C)C)c1nc(Cl)nc2c1CCC2. The van der Waals surface area contributed by atoms with E-state index in [1.807, 2.05) is 32.6 Å². The minimum Gasteiger partial charge on any atom is -0.352 e. The Labute approximate surface area is 199 Å². The summed E-state index contributed by atoms with van der Waals surface area (Å²) in [5.41, 5.74) is 2.16. The Morgan fingerprint density at radius 3 is 2.25 bits per heavy atom. The number of nitrogens with zero attached hydrogens (tertiary/aromatic N) is 3. The van der Waals surface area contributed by atoms with Crippen LogP contribution in [-0.2, 0) is 22.4 Å². The van der Waals surface area contributed by atoms with E-state index in [1.165, 1.54) is 5.56 Å². The number of likely N-dealkylation sites (N-methyl/N-ethyl adjacent to an activating group) is 1. The third kappa shape index (κ3) is 10.8. The zero-order valence-corrected chi connectivity index (χ0v) is 22.2. The van der Waals surface area contributed by atoms with Crippen LogP contribution < -0.4 is 10.2 Å². The average Bonchev–Trinajstić information content (AvgIpc) is 3.09. The largest absolute Gasteiger partial charge is 0.352 e. The molecule has 0 aromatic carbocycles. The molecule has 7 heteroatoms. The Morgan fingerprint density at radius 1 is 1.06 bits per heavy atom. The van der Waals surface area contributed by atoms with E-state index in [1.54, 1.807) is 0 Å². The molecule has 2 rings (SSSR count). The highest BCUT2D eigenvalue weighted by Crippen LogP contribution is 2.30. The number of Topliss-reactive ketones (excluding diaryl/α,β-unsaturated/α-hetero) is 1. The Hall–Kier alpha value is -1.69. The van der Waals surface area contributed by atoms with E-state index in [0.29, 0.717) is 19.4 Å². The number of fused-ring (bicyclic) bond motifs is 1. The summed E-state index contributed by atoms with van der Waals surface area (Å²) in [5, 5.41) is 3.20. The lowest BCUT2D eigenvalue weighted by Crippen LogP contribution is -2.40. The molecular formula is C25H43ClN4O2. The van der Waals surface area contributed by atoms with E-state index in [4.69, 9.17) is 11.6 Å². The predicted molar refractivity (Wildman–Crippen MR) is 133 cm³/mol. The molecular weight excluding hydrogens is 424 g/mol. The molecule has 1 aliphatic rings. The smallest absolute Gasteiger partial charge is 0.224 e. The van der Waals surface area contributed by atoms with Gasteiger partial charge in [0, 0.05) is 30.5 Å². The highest BCUT2D eigenvalue weighted by Gasteiger charge is 2.24. The number of carbonyl (C=O) groups excluding carboxylic acids is 2. The van der Waals surface area contributed by atoms with E-state index in [-0.39, 0.29) is 27.9 Å². The Balaban J connectivity index is 0.000000396. The van der Waals surface area contributed by atoms with Crippen molar-refractivity contribution in [2.45, 2.75) is 106 Å². The summed E-state index contributed by atoms with van der Waals surface area (Å²) in [7, 11) is 0. The molecule has 0 fully saturated rings. The molecule has 1 aromatic rings. The number of halogens is 1. The van der Waals surface area contributed by atoms with Crippen LogP contribution in [0.1, 0.15) is 98.8 Å². The maximum atomic E-state index is 12.3. The quantitative estimate of drug-likeness (QED) is 0.509. The van der Waals surface area contributed by atoms with Crippen LogP contribution in [0.25, 0.3) is 0 Å². The van der Waals surface area contributed by atoms with Gasteiger partial charge in [0.05, 0.1) is 12.2 Å². The fourth-order valence-electron chi connectivity index (χ4n) is 3.66. The molecule has 1 amide bonds. The van der Waals surface area contributed by atoms with Crippen molar-refractivity contribution >= 4 is 29.1 Å². The van der Waals surface area contributed by atoms with Gasteiger partial charge in [-0.25, -0.2) is 9.97 Å². The van der Waals surface area contributed by atoms with Crippen molar-refractivity contribution in [1.82, 2.24) is 15.3 Å². The van der Waals surface area contributed by atoms with Crippen molar-refractivity contribution in [2.24, 2.45) is 5.41 Å². The molecule has 32 heavy (non-hydrogen) atoms. The number of anilines is 1. The normalized spacial score (nSPS) is 13.2. The van der Waals surface area contributed by atoms with Gasteiger partial charge >= 0.3 is 0 Å². The van der Waals surface area contributed by atoms with Gasteiger partial charge in [0.15, 0.2) is 5.78 Å². The van der Waals surface area contributed by atoms with Gasteiger partial charge in [-0.3, -0.25) is 9.59 Å². The monoisotopic (exact) mass is 466 g/mol. The van der Waals surface area contributed by atoms with E-state index >= 15 is 0 Å². The van der Waals surface area contributed by atoms with Crippen LogP contribution in [-0.4, -0.2) is 40.3 Å². The summed E-state index contributed by atoms with van der Waals surface area (Å²) in [6.45, 7) is 17.5. The molecule has 0 unspecified atom stereocenters. The summed E-state index contributed by atoms with van der Waals surface area (Å²) in [4.78, 5) is 34.1. The molecule has 6 nitrogen and oxygen atoms in total. The zero-order valence-electron chi connectivity index (χ0n) is 21.4. The average molecular weight is 467 g/mol. The molecule has 182 valence electrons. The second kappa shape index (κ2) is 12.5. The van der Waals surface area contributed by atoms with E-state index in [2.05, 4.69) is 43.0 Å². The lowest BCUT2D eigenvalue weighted by Gasteiger charge is -2.25. The predicted octanol–water partition coefficient (Wildman–Crippen LogP) is 5.54. The first-order chi connectivity index (χ1) is 14.8. The van der Waals surface area contributed by atoms with Crippen molar-refractivity contribution < 1.29 is 9.59 Å². The Morgan fingerprint density at radius 2 is 1.72 bits per heavy atom. The minimum atomic E-state index is -0.0785. The number of carbonyl (C=O) groups is 2.